The van der Waals surface area contributed by atoms with E-state index in [1.165, 1.54) is 7.11 Å². The van der Waals surface area contributed by atoms with Crippen LogP contribution in [0.2, 0.25) is 0 Å². The number of benzene rings is 2. The van der Waals surface area contributed by atoms with E-state index in [1.807, 2.05) is 98.2 Å². The molecule has 4 rings (SSSR count). The molecule has 0 saturated heterocycles. The van der Waals surface area contributed by atoms with E-state index in [0.29, 0.717) is 12.2 Å². The third-order valence-electron chi connectivity index (χ3n) is 5.90. The van der Waals surface area contributed by atoms with Crippen LogP contribution >= 0.6 is 0 Å². The van der Waals surface area contributed by atoms with Crippen molar-refractivity contribution in [1.82, 2.24) is 14.7 Å². The van der Waals surface area contributed by atoms with E-state index < -0.39 is 5.41 Å². The first-order chi connectivity index (χ1) is 16.3. The minimum absolute atomic E-state index is 0.233. The number of aromatic nitrogens is 2. The molecule has 7 nitrogen and oxygen atoms in total. The number of rotatable bonds is 6. The highest BCUT2D eigenvalue weighted by atomic mass is 16.5. The van der Waals surface area contributed by atoms with E-state index in [0.717, 1.165) is 33.6 Å². The summed E-state index contributed by atoms with van der Waals surface area (Å²) in [5, 5.41) is 5.57. The minimum atomic E-state index is -0.712. The number of esters is 1. The number of amides is 2. The van der Waals surface area contributed by atoms with Crippen LogP contribution in [0.3, 0.4) is 0 Å². The number of pyridine rings is 1. The highest BCUT2D eigenvalue weighted by molar-refractivity contribution is 5.90. The zero-order valence-corrected chi connectivity index (χ0v) is 19.8. The molecular formula is C27H28N4O3. The molecule has 34 heavy (non-hydrogen) atoms. The molecule has 0 aliphatic rings. The maximum atomic E-state index is 12.1. The predicted octanol–water partition coefficient (Wildman–Crippen LogP) is 5.26. The quantitative estimate of drug-likeness (QED) is 0.388. The van der Waals surface area contributed by atoms with Gasteiger partial charge < -0.3 is 15.4 Å². The van der Waals surface area contributed by atoms with Crippen molar-refractivity contribution in [3.63, 3.8) is 0 Å². The molecule has 174 valence electrons. The van der Waals surface area contributed by atoms with Crippen LogP contribution in [0.1, 0.15) is 26.3 Å². The maximum absolute atomic E-state index is 12.1. The number of nitrogens with zero attached hydrogens (tertiary/aromatic N) is 2. The van der Waals surface area contributed by atoms with Crippen molar-refractivity contribution in [2.75, 3.05) is 19.0 Å². The van der Waals surface area contributed by atoms with Gasteiger partial charge in [0.05, 0.1) is 24.4 Å². The molecule has 0 aliphatic heterocycles. The fraction of sp³-hybridized carbons (Fsp3) is 0.222. The number of hydrogen-bond acceptors (Lipinski definition) is 4. The molecule has 0 aliphatic carbocycles. The second kappa shape index (κ2) is 9.39. The number of carbonyl (C=O) groups excluding carboxylic acids is 2. The van der Waals surface area contributed by atoms with Gasteiger partial charge in [-0.1, -0.05) is 36.4 Å². The first kappa shape index (κ1) is 23.0. The Morgan fingerprint density at radius 1 is 1.00 bits per heavy atom. The number of anilines is 1. The van der Waals surface area contributed by atoms with Crippen LogP contribution in [-0.4, -0.2) is 35.0 Å². The largest absolute Gasteiger partial charge is 0.468 e. The lowest BCUT2D eigenvalue weighted by atomic mass is 9.84. The molecule has 2 amide bonds. The molecule has 7 heteroatoms. The molecule has 0 bridgehead atoms. The van der Waals surface area contributed by atoms with Crippen LogP contribution in [0.5, 0.6) is 0 Å². The van der Waals surface area contributed by atoms with Crippen LogP contribution in [0.4, 0.5) is 10.5 Å². The van der Waals surface area contributed by atoms with Crippen LogP contribution in [0, 0.1) is 0 Å². The number of imidazole rings is 1. The maximum Gasteiger partial charge on any atom is 0.319 e. The van der Waals surface area contributed by atoms with Crippen molar-refractivity contribution >= 4 is 23.3 Å². The van der Waals surface area contributed by atoms with Crippen molar-refractivity contribution in [2.45, 2.75) is 26.2 Å². The number of carbonyl (C=O) groups is 2. The van der Waals surface area contributed by atoms with Gasteiger partial charge in [0.1, 0.15) is 5.65 Å². The fourth-order valence-corrected chi connectivity index (χ4v) is 3.92. The van der Waals surface area contributed by atoms with Gasteiger partial charge in [-0.15, -0.1) is 0 Å². The molecule has 0 radical (unpaired) electrons. The van der Waals surface area contributed by atoms with Crippen LogP contribution in [-0.2, 0) is 14.9 Å². The van der Waals surface area contributed by atoms with Gasteiger partial charge in [0.25, 0.3) is 0 Å². The Hall–Kier alpha value is -4.13. The molecule has 2 aromatic carbocycles. The van der Waals surface area contributed by atoms with Crippen molar-refractivity contribution in [3.05, 3.63) is 78.6 Å². The summed E-state index contributed by atoms with van der Waals surface area (Å²) in [5.74, 6) is -0.267. The lowest BCUT2D eigenvalue weighted by Gasteiger charge is -2.22. The third kappa shape index (κ3) is 4.50. The van der Waals surface area contributed by atoms with Gasteiger partial charge in [0.15, 0.2) is 0 Å². The van der Waals surface area contributed by atoms with Gasteiger partial charge in [0.2, 0.25) is 0 Å². The zero-order chi connectivity index (χ0) is 24.3. The number of methoxy groups -OCH3 is 1. The van der Waals surface area contributed by atoms with Crippen LogP contribution in [0.25, 0.3) is 28.0 Å². The monoisotopic (exact) mass is 456 g/mol. The summed E-state index contributed by atoms with van der Waals surface area (Å²) in [5.41, 5.74) is 5.64. The standard InChI is InChI=1S/C27H28N4O3/c1-5-28-26(33)30-22-8-6-7-20(15-22)23-17-29-24-16-19(13-14-31(23)24)18-9-11-21(12-10-18)27(2,3)25(32)34-4/h6-17H,5H2,1-4H3,(H2,28,30,33). The number of urea groups is 1. The molecule has 0 spiro atoms. The molecule has 0 fully saturated rings. The Kier molecular flexibility index (Phi) is 6.36. The summed E-state index contributed by atoms with van der Waals surface area (Å²) >= 11 is 0. The first-order valence-corrected chi connectivity index (χ1v) is 11.1. The van der Waals surface area contributed by atoms with Crippen LogP contribution < -0.4 is 10.6 Å². The molecule has 4 aromatic rings. The summed E-state index contributed by atoms with van der Waals surface area (Å²) < 4.78 is 6.95. The van der Waals surface area contributed by atoms with Gasteiger partial charge in [-0.3, -0.25) is 9.20 Å². The Morgan fingerprint density at radius 2 is 1.76 bits per heavy atom. The fourth-order valence-electron chi connectivity index (χ4n) is 3.92. The van der Waals surface area contributed by atoms with E-state index in [2.05, 4.69) is 15.6 Å². The first-order valence-electron chi connectivity index (χ1n) is 11.1. The molecule has 0 atom stereocenters. The second-order valence-corrected chi connectivity index (χ2v) is 8.55. The molecule has 0 saturated carbocycles. The van der Waals surface area contributed by atoms with Gasteiger partial charge in [0, 0.05) is 24.0 Å². The summed E-state index contributed by atoms with van der Waals surface area (Å²) in [7, 11) is 1.41. The number of ether oxygens (including phenoxy) is 1. The summed E-state index contributed by atoms with van der Waals surface area (Å²) in [6.07, 6.45) is 3.81. The SMILES string of the molecule is CCNC(=O)Nc1cccc(-c2cnc3cc(-c4ccc(C(C)(C)C(=O)OC)cc4)ccn23)c1. The van der Waals surface area contributed by atoms with E-state index in [-0.39, 0.29) is 12.0 Å². The molecular weight excluding hydrogens is 428 g/mol. The highest BCUT2D eigenvalue weighted by Crippen LogP contribution is 2.30. The van der Waals surface area contributed by atoms with E-state index >= 15 is 0 Å². The average Bonchev–Trinajstić information content (AvgIpc) is 3.27. The number of nitrogens with one attached hydrogen (secondary N) is 2. The summed E-state index contributed by atoms with van der Waals surface area (Å²) in [6, 6.07) is 19.4. The summed E-state index contributed by atoms with van der Waals surface area (Å²) in [4.78, 5) is 28.6. The Labute approximate surface area is 198 Å². The normalized spacial score (nSPS) is 11.3. The third-order valence-corrected chi connectivity index (χ3v) is 5.90. The van der Waals surface area contributed by atoms with Crippen molar-refractivity contribution in [2.24, 2.45) is 0 Å². The lowest BCUT2D eigenvalue weighted by molar-refractivity contribution is -0.146. The zero-order valence-electron chi connectivity index (χ0n) is 19.8. The Morgan fingerprint density at radius 3 is 2.47 bits per heavy atom. The van der Waals surface area contributed by atoms with E-state index in [4.69, 9.17) is 4.74 Å². The number of fused-ring (bicyclic) bond motifs is 1. The highest BCUT2D eigenvalue weighted by Gasteiger charge is 2.30. The van der Waals surface area contributed by atoms with Gasteiger partial charge in [-0.05, 0) is 61.7 Å². The molecule has 2 heterocycles. The lowest BCUT2D eigenvalue weighted by Crippen LogP contribution is -2.30. The predicted molar refractivity (Wildman–Crippen MR) is 134 cm³/mol. The Balaban J connectivity index is 1.61. The van der Waals surface area contributed by atoms with E-state index in [1.54, 1.807) is 0 Å². The van der Waals surface area contributed by atoms with Crippen molar-refractivity contribution in [1.29, 1.82) is 0 Å². The molecule has 0 unspecified atom stereocenters. The topological polar surface area (TPSA) is 84.7 Å². The second-order valence-electron chi connectivity index (χ2n) is 8.55. The van der Waals surface area contributed by atoms with Gasteiger partial charge in [-0.2, -0.15) is 0 Å². The van der Waals surface area contributed by atoms with E-state index in [9.17, 15) is 9.59 Å². The Bertz CT molecular complexity index is 1340. The smallest absolute Gasteiger partial charge is 0.319 e. The summed E-state index contributed by atoms with van der Waals surface area (Å²) in [6.45, 7) is 6.15. The van der Waals surface area contributed by atoms with Crippen molar-refractivity contribution < 1.29 is 14.3 Å². The van der Waals surface area contributed by atoms with Gasteiger partial charge in [-0.25, -0.2) is 9.78 Å². The molecule has 2 N–H and O–H groups in total. The number of hydrogen-bond donors (Lipinski definition) is 2. The van der Waals surface area contributed by atoms with Crippen LogP contribution in [0.15, 0.2) is 73.1 Å². The average molecular weight is 457 g/mol. The van der Waals surface area contributed by atoms with Gasteiger partial charge >= 0.3 is 12.0 Å². The minimum Gasteiger partial charge on any atom is -0.468 e. The van der Waals surface area contributed by atoms with Crippen molar-refractivity contribution in [3.8, 4) is 22.4 Å². The molecule has 2 aromatic heterocycles.